The predicted molar refractivity (Wildman–Crippen MR) is 117 cm³/mol. The lowest BCUT2D eigenvalue weighted by Crippen LogP contribution is -2.49. The van der Waals surface area contributed by atoms with Gasteiger partial charge in [-0.2, -0.15) is 9.40 Å². The van der Waals surface area contributed by atoms with Crippen LogP contribution in [0.4, 0.5) is 0 Å². The van der Waals surface area contributed by atoms with Crippen LogP contribution in [0.1, 0.15) is 62.9 Å². The maximum Gasteiger partial charge on any atom is 0.247 e. The fraction of sp³-hybridized carbons (Fsp3) is 0.609. The molecule has 2 aromatic rings. The molecule has 0 radical (unpaired) electrons. The van der Waals surface area contributed by atoms with Gasteiger partial charge in [0.25, 0.3) is 0 Å². The van der Waals surface area contributed by atoms with Crippen LogP contribution in [-0.4, -0.2) is 41.1 Å². The summed E-state index contributed by atoms with van der Waals surface area (Å²) in [5.74, 6) is 1.58. The molecule has 1 aromatic carbocycles. The number of benzene rings is 1. The minimum Gasteiger partial charge on any atom is -0.490 e. The van der Waals surface area contributed by atoms with E-state index in [0.717, 1.165) is 37.9 Å². The molecule has 3 heterocycles. The van der Waals surface area contributed by atoms with Crippen LogP contribution in [0.15, 0.2) is 29.2 Å². The van der Waals surface area contributed by atoms with Crippen LogP contribution in [0.5, 0.6) is 5.75 Å². The molecule has 2 aliphatic heterocycles. The molecule has 0 amide bonds. The van der Waals surface area contributed by atoms with Crippen molar-refractivity contribution >= 4 is 10.0 Å². The van der Waals surface area contributed by atoms with Crippen molar-refractivity contribution in [3.63, 3.8) is 0 Å². The van der Waals surface area contributed by atoms with Crippen LogP contribution in [0.3, 0.4) is 0 Å². The Labute approximate surface area is 180 Å². The highest BCUT2D eigenvalue weighted by Gasteiger charge is 2.48. The summed E-state index contributed by atoms with van der Waals surface area (Å²) in [5.41, 5.74) is 2.49. The van der Waals surface area contributed by atoms with Crippen LogP contribution >= 0.6 is 0 Å². The van der Waals surface area contributed by atoms with Crippen molar-refractivity contribution in [2.45, 2.75) is 89.3 Å². The lowest BCUT2D eigenvalue weighted by atomic mass is 10.0. The first-order chi connectivity index (χ1) is 14.3. The maximum atomic E-state index is 13.4. The molecule has 6 nitrogen and oxygen atoms in total. The van der Waals surface area contributed by atoms with Gasteiger partial charge in [-0.15, -0.1) is 0 Å². The van der Waals surface area contributed by atoms with Gasteiger partial charge >= 0.3 is 0 Å². The normalized spacial score (nSPS) is 24.5. The Balaban J connectivity index is 1.43. The summed E-state index contributed by atoms with van der Waals surface area (Å²) in [7, 11) is -3.55. The topological polar surface area (TPSA) is 75.3 Å². The van der Waals surface area contributed by atoms with Crippen molar-refractivity contribution in [2.75, 3.05) is 0 Å². The van der Waals surface area contributed by atoms with Gasteiger partial charge in [0, 0.05) is 24.9 Å². The number of rotatable bonds is 7. The van der Waals surface area contributed by atoms with E-state index >= 15 is 0 Å². The molecule has 0 aliphatic carbocycles. The average Bonchev–Trinajstić information content (AvgIpc) is 3.18. The number of hydrogen-bond donors (Lipinski definition) is 1. The van der Waals surface area contributed by atoms with Crippen molar-refractivity contribution in [3.05, 3.63) is 41.2 Å². The van der Waals surface area contributed by atoms with E-state index in [2.05, 4.69) is 48.3 Å². The number of aromatic nitrogens is 2. The van der Waals surface area contributed by atoms with E-state index in [1.165, 1.54) is 12.0 Å². The molecular formula is C23H33N3O3S. The molecule has 0 spiro atoms. The zero-order valence-electron chi connectivity index (χ0n) is 18.4. The third-order valence-electron chi connectivity index (χ3n) is 6.46. The Morgan fingerprint density at radius 1 is 1.13 bits per heavy atom. The van der Waals surface area contributed by atoms with E-state index in [0.29, 0.717) is 22.2 Å². The van der Waals surface area contributed by atoms with Crippen LogP contribution < -0.4 is 4.74 Å². The lowest BCUT2D eigenvalue weighted by Gasteiger charge is -2.37. The van der Waals surface area contributed by atoms with Crippen molar-refractivity contribution in [1.29, 1.82) is 0 Å². The van der Waals surface area contributed by atoms with E-state index in [-0.39, 0.29) is 18.2 Å². The zero-order valence-corrected chi connectivity index (χ0v) is 19.2. The summed E-state index contributed by atoms with van der Waals surface area (Å²) in [5, 5.41) is 6.91. The number of nitrogens with zero attached hydrogens (tertiary/aromatic N) is 2. The fourth-order valence-corrected chi connectivity index (χ4v) is 7.21. The summed E-state index contributed by atoms with van der Waals surface area (Å²) in [4.78, 5) is 0.343. The van der Waals surface area contributed by atoms with Crippen LogP contribution in [0.25, 0.3) is 0 Å². The number of aryl methyl sites for hydroxylation is 3. The number of H-pyrrole nitrogens is 1. The molecule has 164 valence electrons. The van der Waals surface area contributed by atoms with Crippen LogP contribution in [0.2, 0.25) is 0 Å². The highest BCUT2D eigenvalue weighted by atomic mass is 32.2. The summed E-state index contributed by atoms with van der Waals surface area (Å²) in [6.45, 7) is 8.01. The van der Waals surface area contributed by atoms with Crippen LogP contribution in [-0.2, 0) is 16.4 Å². The van der Waals surface area contributed by atoms with Gasteiger partial charge in [-0.25, -0.2) is 8.42 Å². The number of nitrogens with one attached hydrogen (secondary N) is 1. The van der Waals surface area contributed by atoms with Crippen molar-refractivity contribution < 1.29 is 13.2 Å². The number of piperidine rings is 1. The molecule has 0 saturated carbocycles. The number of sulfonamides is 1. The van der Waals surface area contributed by atoms with Gasteiger partial charge < -0.3 is 4.74 Å². The molecule has 2 saturated heterocycles. The third kappa shape index (κ3) is 4.14. The summed E-state index contributed by atoms with van der Waals surface area (Å²) in [6.07, 6.45) is 5.60. The zero-order chi connectivity index (χ0) is 21.5. The monoisotopic (exact) mass is 431 g/mol. The summed E-state index contributed by atoms with van der Waals surface area (Å²) >= 11 is 0. The molecular weight excluding hydrogens is 398 g/mol. The van der Waals surface area contributed by atoms with Gasteiger partial charge in [0.05, 0.1) is 11.4 Å². The number of ether oxygens (including phenoxy) is 1. The maximum absolute atomic E-state index is 13.4. The summed E-state index contributed by atoms with van der Waals surface area (Å²) < 4.78 is 34.8. The molecule has 1 N–H and O–H groups in total. The van der Waals surface area contributed by atoms with Gasteiger partial charge in [0.15, 0.2) is 0 Å². The third-order valence-corrected chi connectivity index (χ3v) is 8.72. The average molecular weight is 432 g/mol. The van der Waals surface area contributed by atoms with Gasteiger partial charge in [-0.3, -0.25) is 5.10 Å². The second-order valence-corrected chi connectivity index (χ2v) is 11.1. The number of aromatic amines is 1. The number of hydrogen-bond acceptors (Lipinski definition) is 4. The molecule has 3 atom stereocenters. The standard InChI is InChI=1S/C23H33N3O3S/c1-15(2)5-6-18-7-11-21(12-8-18)29-22-13-19-9-10-20(14-22)26(19)30(27,28)23-16(3)24-25-17(23)4/h7-8,11-12,15,19-20,22H,5-6,9-10,13-14H2,1-4H3,(H,24,25)/t19-,20+,22+. The summed E-state index contributed by atoms with van der Waals surface area (Å²) in [6, 6.07) is 8.40. The minimum absolute atomic E-state index is 0.00207. The molecule has 7 heteroatoms. The van der Waals surface area contributed by atoms with Crippen molar-refractivity contribution in [3.8, 4) is 5.75 Å². The fourth-order valence-electron chi connectivity index (χ4n) is 4.98. The van der Waals surface area contributed by atoms with E-state index in [1.807, 2.05) is 0 Å². The first-order valence-corrected chi connectivity index (χ1v) is 12.5. The highest BCUT2D eigenvalue weighted by molar-refractivity contribution is 7.89. The minimum atomic E-state index is -3.55. The second-order valence-electron chi connectivity index (χ2n) is 9.27. The van der Waals surface area contributed by atoms with Crippen molar-refractivity contribution in [2.24, 2.45) is 5.92 Å². The van der Waals surface area contributed by atoms with E-state index in [1.54, 1.807) is 18.2 Å². The molecule has 2 bridgehead atoms. The first-order valence-electron chi connectivity index (χ1n) is 11.1. The van der Waals surface area contributed by atoms with Gasteiger partial charge in [-0.1, -0.05) is 26.0 Å². The number of fused-ring (bicyclic) bond motifs is 2. The largest absolute Gasteiger partial charge is 0.490 e. The van der Waals surface area contributed by atoms with Gasteiger partial charge in [0.2, 0.25) is 10.0 Å². The predicted octanol–water partition coefficient (Wildman–Crippen LogP) is 4.38. The molecule has 1 aromatic heterocycles. The lowest BCUT2D eigenvalue weighted by molar-refractivity contribution is 0.0956. The molecule has 2 aliphatic rings. The van der Waals surface area contributed by atoms with E-state index < -0.39 is 10.0 Å². The Morgan fingerprint density at radius 2 is 1.77 bits per heavy atom. The Morgan fingerprint density at radius 3 is 2.30 bits per heavy atom. The Kier molecular flexibility index (Phi) is 5.95. The highest BCUT2D eigenvalue weighted by Crippen LogP contribution is 2.41. The Bertz CT molecular complexity index is 948. The van der Waals surface area contributed by atoms with Crippen molar-refractivity contribution in [1.82, 2.24) is 14.5 Å². The molecule has 2 fully saturated rings. The second kappa shape index (κ2) is 8.35. The molecule has 30 heavy (non-hydrogen) atoms. The molecule has 0 unspecified atom stereocenters. The SMILES string of the molecule is Cc1n[nH]c(C)c1S(=O)(=O)N1[C@@H]2CC[C@H]1C[C@@H](Oc1ccc(CCC(C)C)cc1)C2. The van der Waals surface area contributed by atoms with E-state index in [4.69, 9.17) is 4.74 Å². The van der Waals surface area contributed by atoms with Gasteiger partial charge in [0.1, 0.15) is 16.7 Å². The first kappa shape index (κ1) is 21.4. The van der Waals surface area contributed by atoms with Crippen LogP contribution in [0, 0.1) is 19.8 Å². The Hall–Kier alpha value is -1.86. The smallest absolute Gasteiger partial charge is 0.247 e. The van der Waals surface area contributed by atoms with Gasteiger partial charge in [-0.05, 0) is 63.1 Å². The molecule has 4 rings (SSSR count). The van der Waals surface area contributed by atoms with E-state index in [9.17, 15) is 8.42 Å². The quantitative estimate of drug-likeness (QED) is 0.706.